The number of thiophene rings is 1. The molecule has 1 aliphatic heterocycles. The summed E-state index contributed by atoms with van der Waals surface area (Å²) in [6, 6.07) is 8.16. The molecule has 1 aromatic carbocycles. The van der Waals surface area contributed by atoms with E-state index in [-0.39, 0.29) is 9.77 Å². The quantitative estimate of drug-likeness (QED) is 0.851. The summed E-state index contributed by atoms with van der Waals surface area (Å²) < 4.78 is 27.0. The molecule has 2 heterocycles. The first-order valence-corrected chi connectivity index (χ1v) is 11.1. The van der Waals surface area contributed by atoms with Crippen LogP contribution >= 0.6 is 34.7 Å². The number of hydrogen-bond acceptors (Lipinski definition) is 5. The third kappa shape index (κ3) is 3.78. The Labute approximate surface area is 154 Å². The summed E-state index contributed by atoms with van der Waals surface area (Å²) in [4.78, 5) is 12.8. The monoisotopic (exact) mass is 402 g/mol. The molecule has 0 atom stereocenters. The summed E-state index contributed by atoms with van der Waals surface area (Å²) in [5.41, 5.74) is 0.565. The van der Waals surface area contributed by atoms with E-state index >= 15 is 0 Å². The molecule has 24 heavy (non-hydrogen) atoms. The Balaban J connectivity index is 1.84. The smallest absolute Gasteiger partial charge is 0.267 e. The lowest BCUT2D eigenvalue weighted by atomic mass is 10.3. The minimum Gasteiger partial charge on any atom is -0.321 e. The van der Waals surface area contributed by atoms with Gasteiger partial charge in [-0.15, -0.1) is 11.3 Å². The average molecular weight is 403 g/mol. The topological polar surface area (TPSA) is 66.5 Å². The Hall–Kier alpha value is -1.06. The van der Waals surface area contributed by atoms with Gasteiger partial charge in [0.25, 0.3) is 5.91 Å². The predicted octanol–water partition coefficient (Wildman–Crippen LogP) is 3.39. The highest BCUT2D eigenvalue weighted by Crippen LogP contribution is 2.28. The molecule has 0 saturated carbocycles. The van der Waals surface area contributed by atoms with E-state index in [0.29, 0.717) is 23.8 Å². The van der Waals surface area contributed by atoms with Gasteiger partial charge in [-0.2, -0.15) is 16.1 Å². The standard InChI is InChI=1S/C15H15ClN2O3S3/c16-11-1-3-12(4-2-11)17-15(19)14-13(5-8-23-14)24(20,21)18-6-9-22-10-7-18/h1-5,8H,6-7,9-10H2,(H,17,19). The fraction of sp³-hybridized carbons (Fsp3) is 0.267. The summed E-state index contributed by atoms with van der Waals surface area (Å²) in [5.74, 6) is 1.11. The highest BCUT2D eigenvalue weighted by Gasteiger charge is 2.31. The molecule has 1 saturated heterocycles. The third-order valence-electron chi connectivity index (χ3n) is 3.53. The van der Waals surface area contributed by atoms with Crippen LogP contribution in [0.15, 0.2) is 40.6 Å². The van der Waals surface area contributed by atoms with Crippen LogP contribution < -0.4 is 5.32 Å². The molecular formula is C15H15ClN2O3S3. The van der Waals surface area contributed by atoms with E-state index in [2.05, 4.69) is 5.32 Å². The second-order valence-electron chi connectivity index (χ2n) is 5.09. The van der Waals surface area contributed by atoms with Crippen molar-refractivity contribution in [3.63, 3.8) is 0 Å². The van der Waals surface area contributed by atoms with Crippen molar-refractivity contribution in [3.05, 3.63) is 45.6 Å². The molecule has 1 aliphatic rings. The number of amides is 1. The van der Waals surface area contributed by atoms with Crippen LogP contribution in [0.5, 0.6) is 0 Å². The van der Waals surface area contributed by atoms with Crippen molar-refractivity contribution in [2.45, 2.75) is 4.90 Å². The van der Waals surface area contributed by atoms with Gasteiger partial charge >= 0.3 is 0 Å². The first-order chi connectivity index (χ1) is 11.5. The fourth-order valence-electron chi connectivity index (χ4n) is 2.31. The lowest BCUT2D eigenvalue weighted by Gasteiger charge is -2.25. The van der Waals surface area contributed by atoms with E-state index in [4.69, 9.17) is 11.6 Å². The van der Waals surface area contributed by atoms with Crippen LogP contribution in [0.2, 0.25) is 5.02 Å². The Morgan fingerprint density at radius 2 is 1.79 bits per heavy atom. The highest BCUT2D eigenvalue weighted by molar-refractivity contribution is 7.99. The summed E-state index contributed by atoms with van der Waals surface area (Å²) >= 11 is 8.68. The van der Waals surface area contributed by atoms with E-state index in [1.165, 1.54) is 10.4 Å². The van der Waals surface area contributed by atoms with Gasteiger partial charge in [-0.3, -0.25) is 4.79 Å². The molecule has 5 nitrogen and oxygen atoms in total. The van der Waals surface area contributed by atoms with Gasteiger partial charge in [-0.1, -0.05) is 11.6 Å². The minimum absolute atomic E-state index is 0.0749. The number of sulfonamides is 1. The maximum atomic E-state index is 12.8. The van der Waals surface area contributed by atoms with Gasteiger partial charge in [0.2, 0.25) is 10.0 Å². The molecule has 0 unspecified atom stereocenters. The zero-order valence-corrected chi connectivity index (χ0v) is 15.8. The van der Waals surface area contributed by atoms with Crippen molar-refractivity contribution < 1.29 is 13.2 Å². The van der Waals surface area contributed by atoms with E-state index in [1.54, 1.807) is 41.4 Å². The molecule has 128 valence electrons. The molecule has 0 aliphatic carbocycles. The molecule has 9 heteroatoms. The van der Waals surface area contributed by atoms with Crippen LogP contribution in [-0.4, -0.2) is 43.2 Å². The molecule has 0 bridgehead atoms. The lowest BCUT2D eigenvalue weighted by molar-refractivity contribution is 0.102. The molecule has 0 radical (unpaired) electrons. The zero-order valence-electron chi connectivity index (χ0n) is 12.6. The van der Waals surface area contributed by atoms with Crippen LogP contribution in [0.1, 0.15) is 9.67 Å². The van der Waals surface area contributed by atoms with Crippen molar-refractivity contribution in [3.8, 4) is 0 Å². The molecule has 1 aromatic heterocycles. The van der Waals surface area contributed by atoms with Crippen molar-refractivity contribution >= 4 is 56.3 Å². The number of carbonyl (C=O) groups excluding carboxylic acids is 1. The average Bonchev–Trinajstić information content (AvgIpc) is 3.08. The first kappa shape index (κ1) is 17.8. The first-order valence-electron chi connectivity index (χ1n) is 7.21. The van der Waals surface area contributed by atoms with Gasteiger partial charge in [0.05, 0.1) is 0 Å². The molecular weight excluding hydrogens is 388 g/mol. The van der Waals surface area contributed by atoms with E-state index in [1.807, 2.05) is 0 Å². The minimum atomic E-state index is -3.64. The number of carbonyl (C=O) groups is 1. The predicted molar refractivity (Wildman–Crippen MR) is 99.8 cm³/mol. The van der Waals surface area contributed by atoms with Crippen molar-refractivity contribution in [2.24, 2.45) is 0 Å². The van der Waals surface area contributed by atoms with E-state index < -0.39 is 15.9 Å². The summed E-state index contributed by atoms with van der Waals surface area (Å²) in [7, 11) is -3.64. The summed E-state index contributed by atoms with van der Waals surface area (Å²) in [6.07, 6.45) is 0. The number of halogens is 1. The molecule has 3 rings (SSSR count). The number of rotatable bonds is 4. The van der Waals surface area contributed by atoms with E-state index in [9.17, 15) is 13.2 Å². The largest absolute Gasteiger partial charge is 0.321 e. The van der Waals surface area contributed by atoms with Crippen molar-refractivity contribution in [2.75, 3.05) is 29.9 Å². The van der Waals surface area contributed by atoms with Gasteiger partial charge < -0.3 is 5.32 Å². The number of anilines is 1. The van der Waals surface area contributed by atoms with Gasteiger partial charge in [0.1, 0.15) is 9.77 Å². The fourth-order valence-corrected chi connectivity index (χ4v) is 6.31. The third-order valence-corrected chi connectivity index (χ3v) is 7.70. The summed E-state index contributed by atoms with van der Waals surface area (Å²) in [6.45, 7) is 0.947. The number of thioether (sulfide) groups is 1. The Morgan fingerprint density at radius 3 is 2.46 bits per heavy atom. The second kappa shape index (κ2) is 7.45. The number of nitrogens with one attached hydrogen (secondary N) is 1. The van der Waals surface area contributed by atoms with Crippen LogP contribution in [0.4, 0.5) is 5.69 Å². The normalized spacial score (nSPS) is 16.0. The highest BCUT2D eigenvalue weighted by atomic mass is 35.5. The molecule has 1 amide bonds. The second-order valence-corrected chi connectivity index (χ2v) is 9.58. The Bertz CT molecular complexity index is 828. The number of hydrogen-bond donors (Lipinski definition) is 1. The van der Waals surface area contributed by atoms with E-state index in [0.717, 1.165) is 22.8 Å². The van der Waals surface area contributed by atoms with Crippen LogP contribution in [-0.2, 0) is 10.0 Å². The molecule has 1 N–H and O–H groups in total. The van der Waals surface area contributed by atoms with Crippen molar-refractivity contribution in [1.82, 2.24) is 4.31 Å². The zero-order chi connectivity index (χ0) is 17.2. The van der Waals surface area contributed by atoms with Crippen molar-refractivity contribution in [1.29, 1.82) is 0 Å². The van der Waals surface area contributed by atoms with Gasteiger partial charge in [-0.25, -0.2) is 8.42 Å². The Kier molecular flexibility index (Phi) is 5.51. The van der Waals surface area contributed by atoms with Crippen LogP contribution in [0.25, 0.3) is 0 Å². The maximum absolute atomic E-state index is 12.8. The van der Waals surface area contributed by atoms with Crippen LogP contribution in [0.3, 0.4) is 0 Å². The SMILES string of the molecule is O=C(Nc1ccc(Cl)cc1)c1sccc1S(=O)(=O)N1CCSCC1. The van der Waals surface area contributed by atoms with Gasteiger partial charge in [0.15, 0.2) is 0 Å². The molecule has 1 fully saturated rings. The number of benzene rings is 1. The van der Waals surface area contributed by atoms with Gasteiger partial charge in [-0.05, 0) is 35.7 Å². The lowest BCUT2D eigenvalue weighted by Crippen LogP contribution is -2.38. The molecule has 2 aromatic rings. The van der Waals surface area contributed by atoms with Gasteiger partial charge in [0, 0.05) is 35.3 Å². The summed E-state index contributed by atoms with van der Waals surface area (Å²) in [5, 5.41) is 4.91. The van der Waals surface area contributed by atoms with Crippen LogP contribution in [0, 0.1) is 0 Å². The Morgan fingerprint density at radius 1 is 1.12 bits per heavy atom. The molecule has 0 spiro atoms. The number of nitrogens with zero attached hydrogens (tertiary/aromatic N) is 1. The maximum Gasteiger partial charge on any atom is 0.267 e.